The molecule has 0 saturated heterocycles. The first-order valence-corrected chi connectivity index (χ1v) is 8.96. The molecule has 0 heterocycles. The standard InChI is InChI=1S/C16H16BrNO3S/c1-11(15-5-3-4-6-16(15)17)18-22(20,21)14-9-7-13(8-10-14)12(2)19/h3-11,18H,1-2H3. The van der Waals surface area contributed by atoms with E-state index in [-0.39, 0.29) is 16.7 Å². The van der Waals surface area contributed by atoms with E-state index in [1.165, 1.54) is 31.2 Å². The lowest BCUT2D eigenvalue weighted by Crippen LogP contribution is -2.27. The van der Waals surface area contributed by atoms with Gasteiger partial charge in [-0.05, 0) is 37.6 Å². The Bertz CT molecular complexity index is 785. The third-order valence-electron chi connectivity index (χ3n) is 3.27. The number of nitrogens with one attached hydrogen (secondary N) is 1. The van der Waals surface area contributed by atoms with Crippen molar-refractivity contribution in [2.75, 3.05) is 0 Å². The van der Waals surface area contributed by atoms with E-state index in [1.807, 2.05) is 24.3 Å². The van der Waals surface area contributed by atoms with Crippen molar-refractivity contribution in [1.29, 1.82) is 0 Å². The molecular weight excluding hydrogens is 366 g/mol. The van der Waals surface area contributed by atoms with Crippen LogP contribution in [0.15, 0.2) is 57.9 Å². The lowest BCUT2D eigenvalue weighted by atomic mass is 10.1. The molecule has 0 aliphatic heterocycles. The van der Waals surface area contributed by atoms with Crippen molar-refractivity contribution in [3.05, 3.63) is 64.1 Å². The molecule has 1 atom stereocenters. The zero-order chi connectivity index (χ0) is 16.3. The van der Waals surface area contributed by atoms with Gasteiger partial charge in [-0.3, -0.25) is 4.79 Å². The Morgan fingerprint density at radius 2 is 1.68 bits per heavy atom. The van der Waals surface area contributed by atoms with Crippen LogP contribution in [0.2, 0.25) is 0 Å². The van der Waals surface area contributed by atoms with Crippen LogP contribution in [-0.2, 0) is 10.0 Å². The minimum Gasteiger partial charge on any atom is -0.295 e. The number of rotatable bonds is 5. The third kappa shape index (κ3) is 3.82. The highest BCUT2D eigenvalue weighted by molar-refractivity contribution is 9.10. The predicted octanol–water partition coefficient (Wildman–Crippen LogP) is 3.69. The fourth-order valence-corrected chi connectivity index (χ4v) is 3.91. The van der Waals surface area contributed by atoms with Crippen molar-refractivity contribution in [3.63, 3.8) is 0 Å². The number of Topliss-reactive ketones (excluding diaryl/α,β-unsaturated/α-hetero) is 1. The third-order valence-corrected chi connectivity index (χ3v) is 5.55. The molecule has 2 aromatic rings. The van der Waals surface area contributed by atoms with Gasteiger partial charge in [-0.2, -0.15) is 0 Å². The van der Waals surface area contributed by atoms with Crippen LogP contribution in [0.3, 0.4) is 0 Å². The Hall–Kier alpha value is -1.50. The molecule has 116 valence electrons. The molecule has 1 N–H and O–H groups in total. The molecule has 0 radical (unpaired) electrons. The molecule has 0 aliphatic carbocycles. The van der Waals surface area contributed by atoms with E-state index in [0.29, 0.717) is 5.56 Å². The van der Waals surface area contributed by atoms with Gasteiger partial charge < -0.3 is 0 Å². The van der Waals surface area contributed by atoms with E-state index in [9.17, 15) is 13.2 Å². The molecule has 0 bridgehead atoms. The number of hydrogen-bond donors (Lipinski definition) is 1. The monoisotopic (exact) mass is 381 g/mol. The largest absolute Gasteiger partial charge is 0.295 e. The normalized spacial score (nSPS) is 12.9. The first kappa shape index (κ1) is 16.9. The summed E-state index contributed by atoms with van der Waals surface area (Å²) in [4.78, 5) is 11.4. The fraction of sp³-hybridized carbons (Fsp3) is 0.188. The smallest absolute Gasteiger partial charge is 0.241 e. The average Bonchev–Trinajstić information content (AvgIpc) is 2.47. The Labute approximate surface area is 138 Å². The zero-order valence-corrected chi connectivity index (χ0v) is 14.6. The number of sulfonamides is 1. The first-order valence-electron chi connectivity index (χ1n) is 6.69. The maximum absolute atomic E-state index is 12.4. The van der Waals surface area contributed by atoms with Crippen molar-refractivity contribution >= 4 is 31.7 Å². The summed E-state index contributed by atoms with van der Waals surface area (Å²) < 4.78 is 28.3. The quantitative estimate of drug-likeness (QED) is 0.803. The second kappa shape index (κ2) is 6.73. The molecule has 4 nitrogen and oxygen atoms in total. The second-order valence-electron chi connectivity index (χ2n) is 4.95. The lowest BCUT2D eigenvalue weighted by molar-refractivity contribution is 0.101. The van der Waals surface area contributed by atoms with E-state index >= 15 is 0 Å². The molecule has 0 amide bonds. The predicted molar refractivity (Wildman–Crippen MR) is 89.3 cm³/mol. The lowest BCUT2D eigenvalue weighted by Gasteiger charge is -2.16. The summed E-state index contributed by atoms with van der Waals surface area (Å²) >= 11 is 3.41. The second-order valence-corrected chi connectivity index (χ2v) is 7.51. The Balaban J connectivity index is 2.24. The molecule has 6 heteroatoms. The number of carbonyl (C=O) groups is 1. The van der Waals surface area contributed by atoms with Gasteiger partial charge in [0.25, 0.3) is 0 Å². The highest BCUT2D eigenvalue weighted by atomic mass is 79.9. The molecule has 0 spiro atoms. The van der Waals surface area contributed by atoms with Crippen molar-refractivity contribution in [2.45, 2.75) is 24.8 Å². The molecule has 1 unspecified atom stereocenters. The highest BCUT2D eigenvalue weighted by Crippen LogP contribution is 2.24. The van der Waals surface area contributed by atoms with E-state index < -0.39 is 10.0 Å². The van der Waals surface area contributed by atoms with Crippen LogP contribution in [0, 0.1) is 0 Å². The van der Waals surface area contributed by atoms with Crippen LogP contribution in [0.25, 0.3) is 0 Å². The van der Waals surface area contributed by atoms with Crippen molar-refractivity contribution in [1.82, 2.24) is 4.72 Å². The molecule has 0 fully saturated rings. The fourth-order valence-electron chi connectivity index (χ4n) is 2.06. The van der Waals surface area contributed by atoms with Gasteiger partial charge in [0.2, 0.25) is 10.0 Å². The van der Waals surface area contributed by atoms with Gasteiger partial charge in [0, 0.05) is 16.1 Å². The molecule has 0 saturated carbocycles. The van der Waals surface area contributed by atoms with E-state index in [1.54, 1.807) is 6.92 Å². The molecular formula is C16H16BrNO3S. The molecule has 0 aliphatic rings. The van der Waals surface area contributed by atoms with Crippen LogP contribution < -0.4 is 4.72 Å². The number of hydrogen-bond acceptors (Lipinski definition) is 3. The van der Waals surface area contributed by atoms with Gasteiger partial charge in [0.1, 0.15) is 0 Å². The van der Waals surface area contributed by atoms with Gasteiger partial charge in [-0.15, -0.1) is 0 Å². The van der Waals surface area contributed by atoms with Crippen LogP contribution in [0.5, 0.6) is 0 Å². The van der Waals surface area contributed by atoms with Crippen LogP contribution in [0.1, 0.15) is 35.8 Å². The van der Waals surface area contributed by atoms with Gasteiger partial charge in [-0.25, -0.2) is 13.1 Å². The molecule has 0 aromatic heterocycles. The summed E-state index contributed by atoms with van der Waals surface area (Å²) in [6.45, 7) is 3.22. The topological polar surface area (TPSA) is 63.2 Å². The van der Waals surface area contributed by atoms with E-state index in [0.717, 1.165) is 10.0 Å². The van der Waals surface area contributed by atoms with Gasteiger partial charge in [-0.1, -0.05) is 46.3 Å². The summed E-state index contributed by atoms with van der Waals surface area (Å²) in [5, 5.41) is 0. The summed E-state index contributed by atoms with van der Waals surface area (Å²) in [5.74, 6) is -0.0986. The maximum atomic E-state index is 12.4. The average molecular weight is 382 g/mol. The van der Waals surface area contributed by atoms with Gasteiger partial charge >= 0.3 is 0 Å². The van der Waals surface area contributed by atoms with Crippen LogP contribution in [-0.4, -0.2) is 14.2 Å². The summed E-state index contributed by atoms with van der Waals surface area (Å²) in [7, 11) is -3.65. The molecule has 22 heavy (non-hydrogen) atoms. The Morgan fingerprint density at radius 1 is 1.09 bits per heavy atom. The SMILES string of the molecule is CC(=O)c1ccc(S(=O)(=O)NC(C)c2ccccc2Br)cc1. The van der Waals surface area contributed by atoms with Crippen molar-refractivity contribution in [2.24, 2.45) is 0 Å². The Kier molecular flexibility index (Phi) is 5.16. The maximum Gasteiger partial charge on any atom is 0.241 e. The van der Waals surface area contributed by atoms with E-state index in [4.69, 9.17) is 0 Å². The van der Waals surface area contributed by atoms with Gasteiger partial charge in [0.05, 0.1) is 4.90 Å². The number of halogens is 1. The van der Waals surface area contributed by atoms with Crippen LogP contribution >= 0.6 is 15.9 Å². The summed E-state index contributed by atoms with van der Waals surface area (Å²) in [5.41, 5.74) is 1.34. The molecule has 2 rings (SSSR count). The first-order chi connectivity index (χ1) is 10.3. The minimum atomic E-state index is -3.65. The summed E-state index contributed by atoms with van der Waals surface area (Å²) in [6.07, 6.45) is 0. The zero-order valence-electron chi connectivity index (χ0n) is 12.2. The van der Waals surface area contributed by atoms with Crippen molar-refractivity contribution in [3.8, 4) is 0 Å². The van der Waals surface area contributed by atoms with E-state index in [2.05, 4.69) is 20.7 Å². The minimum absolute atomic E-state index is 0.0986. The molecule has 2 aromatic carbocycles. The highest BCUT2D eigenvalue weighted by Gasteiger charge is 2.19. The Morgan fingerprint density at radius 3 is 2.23 bits per heavy atom. The summed E-state index contributed by atoms with van der Waals surface area (Å²) in [6, 6.07) is 13.0. The van der Waals surface area contributed by atoms with Gasteiger partial charge in [0.15, 0.2) is 5.78 Å². The van der Waals surface area contributed by atoms with Crippen LogP contribution in [0.4, 0.5) is 0 Å². The number of benzene rings is 2. The number of ketones is 1. The van der Waals surface area contributed by atoms with Crippen molar-refractivity contribution < 1.29 is 13.2 Å². The number of carbonyl (C=O) groups excluding carboxylic acids is 1.